The van der Waals surface area contributed by atoms with Crippen LogP contribution in [-0.2, 0) is 17.6 Å². The van der Waals surface area contributed by atoms with E-state index in [1.807, 2.05) is 25.1 Å². The second-order valence-corrected chi connectivity index (χ2v) is 5.92. The van der Waals surface area contributed by atoms with Crippen LogP contribution in [0.3, 0.4) is 0 Å². The van der Waals surface area contributed by atoms with Crippen molar-refractivity contribution in [2.45, 2.75) is 33.1 Å². The lowest BCUT2D eigenvalue weighted by atomic mass is 10.1. The molecule has 0 heterocycles. The predicted molar refractivity (Wildman–Crippen MR) is 93.9 cm³/mol. The first-order valence-corrected chi connectivity index (χ1v) is 8.04. The zero-order valence-electron chi connectivity index (χ0n) is 14.2. The molecule has 0 aromatic heterocycles. The number of hydrogen-bond donors (Lipinski definition) is 1. The fourth-order valence-electron chi connectivity index (χ4n) is 2.69. The van der Waals surface area contributed by atoms with Gasteiger partial charge in [-0.05, 0) is 49.4 Å². The minimum atomic E-state index is 0.0683. The molecular formula is C20H25NO2. The van der Waals surface area contributed by atoms with E-state index in [2.05, 4.69) is 36.5 Å². The minimum Gasteiger partial charge on any atom is -0.496 e. The molecule has 122 valence electrons. The second kappa shape index (κ2) is 8.37. The molecule has 0 atom stereocenters. The van der Waals surface area contributed by atoms with Crippen LogP contribution in [-0.4, -0.2) is 19.6 Å². The first-order valence-electron chi connectivity index (χ1n) is 8.04. The molecule has 0 aliphatic heterocycles. The standard InChI is InChI=1S/C20H25NO2/c1-15-6-4-7-17(12-15)8-5-11-21-20(22)14-18-9-10-19(23-3)16(2)13-18/h4,6-7,9-10,12-13H,5,8,11,14H2,1-3H3,(H,21,22). The van der Waals surface area contributed by atoms with Crippen LogP contribution in [0.15, 0.2) is 42.5 Å². The van der Waals surface area contributed by atoms with Gasteiger partial charge in [0.15, 0.2) is 0 Å². The molecule has 0 spiro atoms. The molecule has 1 N–H and O–H groups in total. The Morgan fingerprint density at radius 3 is 2.61 bits per heavy atom. The SMILES string of the molecule is COc1ccc(CC(=O)NCCCc2cccc(C)c2)cc1C. The first-order chi connectivity index (χ1) is 11.1. The van der Waals surface area contributed by atoms with Gasteiger partial charge in [0.25, 0.3) is 0 Å². The third kappa shape index (κ3) is 5.44. The average Bonchev–Trinajstić information content (AvgIpc) is 2.52. The number of nitrogens with one attached hydrogen (secondary N) is 1. The lowest BCUT2D eigenvalue weighted by Gasteiger charge is -2.08. The van der Waals surface area contributed by atoms with Gasteiger partial charge in [-0.2, -0.15) is 0 Å². The van der Waals surface area contributed by atoms with Crippen molar-refractivity contribution in [3.8, 4) is 5.75 Å². The number of hydrogen-bond acceptors (Lipinski definition) is 2. The number of rotatable bonds is 7. The zero-order chi connectivity index (χ0) is 16.7. The van der Waals surface area contributed by atoms with Gasteiger partial charge in [-0.1, -0.05) is 42.0 Å². The maximum absolute atomic E-state index is 12.0. The van der Waals surface area contributed by atoms with Crippen molar-refractivity contribution < 1.29 is 9.53 Å². The van der Waals surface area contributed by atoms with E-state index in [4.69, 9.17) is 4.74 Å². The Labute approximate surface area is 138 Å². The monoisotopic (exact) mass is 311 g/mol. The van der Waals surface area contributed by atoms with Gasteiger partial charge >= 0.3 is 0 Å². The van der Waals surface area contributed by atoms with Gasteiger partial charge in [-0.3, -0.25) is 4.79 Å². The van der Waals surface area contributed by atoms with Crippen LogP contribution in [0, 0.1) is 13.8 Å². The summed E-state index contributed by atoms with van der Waals surface area (Å²) in [7, 11) is 1.66. The number of benzene rings is 2. The van der Waals surface area contributed by atoms with Gasteiger partial charge in [0, 0.05) is 6.54 Å². The topological polar surface area (TPSA) is 38.3 Å². The molecule has 3 heteroatoms. The quantitative estimate of drug-likeness (QED) is 0.793. The molecule has 23 heavy (non-hydrogen) atoms. The highest BCUT2D eigenvalue weighted by Gasteiger charge is 2.05. The smallest absolute Gasteiger partial charge is 0.224 e. The van der Waals surface area contributed by atoms with Gasteiger partial charge in [0.05, 0.1) is 13.5 Å². The number of carbonyl (C=O) groups is 1. The average molecular weight is 311 g/mol. The molecule has 1 amide bonds. The summed E-state index contributed by atoms with van der Waals surface area (Å²) in [5.74, 6) is 0.922. The Hall–Kier alpha value is -2.29. The molecule has 0 radical (unpaired) electrons. The summed E-state index contributed by atoms with van der Waals surface area (Å²) in [5.41, 5.74) is 4.67. The number of ether oxygens (including phenoxy) is 1. The third-order valence-corrected chi connectivity index (χ3v) is 3.87. The highest BCUT2D eigenvalue weighted by Crippen LogP contribution is 2.18. The maximum Gasteiger partial charge on any atom is 0.224 e. The summed E-state index contributed by atoms with van der Waals surface area (Å²) in [6, 6.07) is 14.4. The molecular weight excluding hydrogens is 286 g/mol. The summed E-state index contributed by atoms with van der Waals surface area (Å²) in [5, 5.41) is 2.99. The van der Waals surface area contributed by atoms with E-state index in [0.29, 0.717) is 13.0 Å². The van der Waals surface area contributed by atoms with Crippen LogP contribution >= 0.6 is 0 Å². The maximum atomic E-state index is 12.0. The van der Waals surface area contributed by atoms with E-state index in [9.17, 15) is 4.79 Å². The molecule has 0 aliphatic rings. The zero-order valence-corrected chi connectivity index (χ0v) is 14.2. The molecule has 3 nitrogen and oxygen atoms in total. The number of amides is 1. The Bertz CT molecular complexity index is 664. The van der Waals surface area contributed by atoms with Crippen molar-refractivity contribution in [2.24, 2.45) is 0 Å². The Morgan fingerprint density at radius 1 is 1.09 bits per heavy atom. The van der Waals surface area contributed by atoms with Crippen molar-refractivity contribution >= 4 is 5.91 Å². The molecule has 0 saturated carbocycles. The summed E-state index contributed by atoms with van der Waals surface area (Å²) >= 11 is 0. The Balaban J connectivity index is 1.74. The fraction of sp³-hybridized carbons (Fsp3) is 0.350. The summed E-state index contributed by atoms with van der Waals surface area (Å²) in [6.07, 6.45) is 2.36. The molecule has 2 aromatic rings. The summed E-state index contributed by atoms with van der Waals surface area (Å²) in [6.45, 7) is 4.80. The summed E-state index contributed by atoms with van der Waals surface area (Å²) in [4.78, 5) is 12.0. The van der Waals surface area contributed by atoms with Crippen molar-refractivity contribution in [3.63, 3.8) is 0 Å². The lowest BCUT2D eigenvalue weighted by Crippen LogP contribution is -2.26. The van der Waals surface area contributed by atoms with Gasteiger partial charge < -0.3 is 10.1 Å². The lowest BCUT2D eigenvalue weighted by molar-refractivity contribution is -0.120. The normalized spacial score (nSPS) is 10.4. The van der Waals surface area contributed by atoms with Gasteiger partial charge in [0.2, 0.25) is 5.91 Å². The molecule has 2 rings (SSSR count). The number of aryl methyl sites for hydroxylation is 3. The van der Waals surface area contributed by atoms with Gasteiger partial charge in [-0.25, -0.2) is 0 Å². The Morgan fingerprint density at radius 2 is 1.91 bits per heavy atom. The van der Waals surface area contributed by atoms with Crippen molar-refractivity contribution in [1.29, 1.82) is 0 Å². The fourth-order valence-corrected chi connectivity index (χ4v) is 2.69. The molecule has 0 bridgehead atoms. The minimum absolute atomic E-state index is 0.0683. The van der Waals surface area contributed by atoms with E-state index in [-0.39, 0.29) is 5.91 Å². The van der Waals surface area contributed by atoms with Crippen LogP contribution in [0.25, 0.3) is 0 Å². The molecule has 0 saturated heterocycles. The van der Waals surface area contributed by atoms with Crippen molar-refractivity contribution in [3.05, 3.63) is 64.7 Å². The Kier molecular flexibility index (Phi) is 6.21. The van der Waals surface area contributed by atoms with Crippen LogP contribution < -0.4 is 10.1 Å². The van der Waals surface area contributed by atoms with E-state index < -0.39 is 0 Å². The molecule has 0 fully saturated rings. The van der Waals surface area contributed by atoms with Crippen molar-refractivity contribution in [1.82, 2.24) is 5.32 Å². The highest BCUT2D eigenvalue weighted by molar-refractivity contribution is 5.78. The number of carbonyl (C=O) groups excluding carboxylic acids is 1. The van der Waals surface area contributed by atoms with Gasteiger partial charge in [0.1, 0.15) is 5.75 Å². The second-order valence-electron chi connectivity index (χ2n) is 5.92. The van der Waals surface area contributed by atoms with E-state index >= 15 is 0 Å². The third-order valence-electron chi connectivity index (χ3n) is 3.87. The van der Waals surface area contributed by atoms with Crippen LogP contribution in [0.2, 0.25) is 0 Å². The summed E-state index contributed by atoms with van der Waals surface area (Å²) < 4.78 is 5.23. The molecule has 2 aromatic carbocycles. The van der Waals surface area contributed by atoms with Gasteiger partial charge in [-0.15, -0.1) is 0 Å². The van der Waals surface area contributed by atoms with E-state index in [0.717, 1.165) is 29.7 Å². The largest absolute Gasteiger partial charge is 0.496 e. The van der Waals surface area contributed by atoms with Crippen molar-refractivity contribution in [2.75, 3.05) is 13.7 Å². The molecule has 0 aliphatic carbocycles. The van der Waals surface area contributed by atoms with Crippen LogP contribution in [0.1, 0.15) is 28.7 Å². The predicted octanol–water partition coefficient (Wildman–Crippen LogP) is 3.60. The highest BCUT2D eigenvalue weighted by atomic mass is 16.5. The van der Waals surface area contributed by atoms with E-state index in [1.54, 1.807) is 7.11 Å². The molecule has 0 unspecified atom stereocenters. The van der Waals surface area contributed by atoms with E-state index in [1.165, 1.54) is 11.1 Å². The number of methoxy groups -OCH3 is 1. The first kappa shape index (κ1) is 17.1. The van der Waals surface area contributed by atoms with Crippen LogP contribution in [0.4, 0.5) is 0 Å². The van der Waals surface area contributed by atoms with Crippen LogP contribution in [0.5, 0.6) is 5.75 Å².